The molecule has 3 nitrogen and oxygen atoms in total. The lowest BCUT2D eigenvalue weighted by molar-refractivity contribution is -0.118. The fourth-order valence-electron chi connectivity index (χ4n) is 0.343. The van der Waals surface area contributed by atoms with Gasteiger partial charge in [-0.15, -0.1) is 0 Å². The van der Waals surface area contributed by atoms with E-state index in [0.717, 1.165) is 0 Å². The van der Waals surface area contributed by atoms with Gasteiger partial charge in [-0.1, -0.05) is 27.7 Å². The van der Waals surface area contributed by atoms with E-state index in [1.807, 2.05) is 27.7 Å². The molecule has 0 aromatic carbocycles. The highest BCUT2D eigenvalue weighted by Gasteiger charge is 1.86. The average molecular weight is 177 g/mol. The van der Waals surface area contributed by atoms with Crippen molar-refractivity contribution in [3.8, 4) is 0 Å². The molecular formula is C9H23NO2. The van der Waals surface area contributed by atoms with Crippen LogP contribution in [0.3, 0.4) is 0 Å². The van der Waals surface area contributed by atoms with Crippen molar-refractivity contribution in [2.45, 2.75) is 41.0 Å². The van der Waals surface area contributed by atoms with Crippen LogP contribution in [0.1, 0.15) is 41.0 Å². The zero-order valence-corrected chi connectivity index (χ0v) is 8.98. The number of nitrogens with one attached hydrogen (secondary N) is 1. The molecule has 0 aliphatic heterocycles. The van der Waals surface area contributed by atoms with Gasteiger partial charge in [0.1, 0.15) is 0 Å². The Morgan fingerprint density at radius 3 is 1.92 bits per heavy atom. The van der Waals surface area contributed by atoms with Crippen LogP contribution in [0.2, 0.25) is 0 Å². The van der Waals surface area contributed by atoms with Crippen molar-refractivity contribution in [1.82, 2.24) is 5.32 Å². The smallest absolute Gasteiger partial charge is 0.216 e. The van der Waals surface area contributed by atoms with E-state index >= 15 is 0 Å². The number of carbonyl (C=O) groups excluding carboxylic acids is 1. The molecule has 0 aromatic heterocycles. The number of carbonyl (C=O) groups is 1. The van der Waals surface area contributed by atoms with Gasteiger partial charge in [0, 0.05) is 20.1 Å². The highest BCUT2D eigenvalue weighted by molar-refractivity contribution is 5.72. The molecule has 0 bridgehead atoms. The molecule has 0 aliphatic carbocycles. The minimum absolute atomic E-state index is 0.0431. The maximum atomic E-state index is 10.1. The molecular weight excluding hydrogens is 154 g/mol. The van der Waals surface area contributed by atoms with Crippen molar-refractivity contribution in [1.29, 1.82) is 0 Å². The van der Waals surface area contributed by atoms with Gasteiger partial charge in [0.25, 0.3) is 0 Å². The number of amides is 1. The van der Waals surface area contributed by atoms with Gasteiger partial charge >= 0.3 is 0 Å². The summed E-state index contributed by atoms with van der Waals surface area (Å²) in [5.41, 5.74) is 0. The summed E-state index contributed by atoms with van der Waals surface area (Å²) in [6.45, 7) is 10.2. The maximum absolute atomic E-state index is 10.1. The molecule has 0 fully saturated rings. The SMILES string of the molecule is CC.CC.CC(=O)NCCCO. The Labute approximate surface area is 76.2 Å². The summed E-state index contributed by atoms with van der Waals surface area (Å²) < 4.78 is 0. The van der Waals surface area contributed by atoms with E-state index < -0.39 is 0 Å². The average Bonchev–Trinajstić information content (AvgIpc) is 2.12. The van der Waals surface area contributed by atoms with Crippen LogP contribution in [-0.2, 0) is 4.79 Å². The third-order valence-corrected chi connectivity index (χ3v) is 0.709. The number of hydrogen-bond acceptors (Lipinski definition) is 2. The monoisotopic (exact) mass is 177 g/mol. The molecule has 0 aromatic rings. The van der Waals surface area contributed by atoms with Gasteiger partial charge in [-0.05, 0) is 6.42 Å². The van der Waals surface area contributed by atoms with Gasteiger partial charge in [-0.25, -0.2) is 0 Å². The molecule has 2 N–H and O–H groups in total. The van der Waals surface area contributed by atoms with E-state index in [4.69, 9.17) is 5.11 Å². The Morgan fingerprint density at radius 2 is 1.67 bits per heavy atom. The first-order valence-electron chi connectivity index (χ1n) is 4.62. The molecule has 0 saturated carbocycles. The Morgan fingerprint density at radius 1 is 1.25 bits per heavy atom. The molecule has 0 unspecified atom stereocenters. The lowest BCUT2D eigenvalue weighted by Crippen LogP contribution is -2.21. The Kier molecular flexibility index (Phi) is 32.7. The highest BCUT2D eigenvalue weighted by atomic mass is 16.3. The molecule has 0 saturated heterocycles. The van der Waals surface area contributed by atoms with Crippen LogP contribution < -0.4 is 5.32 Å². The summed E-state index contributed by atoms with van der Waals surface area (Å²) in [4.78, 5) is 10.1. The zero-order valence-electron chi connectivity index (χ0n) is 8.98. The molecule has 0 heterocycles. The fourth-order valence-corrected chi connectivity index (χ4v) is 0.343. The van der Waals surface area contributed by atoms with Gasteiger partial charge in [-0.3, -0.25) is 4.79 Å². The summed E-state index contributed by atoms with van der Waals surface area (Å²) in [6, 6.07) is 0. The minimum atomic E-state index is -0.0431. The van der Waals surface area contributed by atoms with Crippen LogP contribution in [0.25, 0.3) is 0 Å². The molecule has 0 spiro atoms. The van der Waals surface area contributed by atoms with E-state index in [9.17, 15) is 4.79 Å². The van der Waals surface area contributed by atoms with Crippen molar-refractivity contribution in [3.05, 3.63) is 0 Å². The predicted molar refractivity (Wildman–Crippen MR) is 53.1 cm³/mol. The highest BCUT2D eigenvalue weighted by Crippen LogP contribution is 1.70. The van der Waals surface area contributed by atoms with Gasteiger partial charge in [0.2, 0.25) is 5.91 Å². The number of rotatable bonds is 3. The predicted octanol–water partition coefficient (Wildman–Crippen LogP) is 1.56. The van der Waals surface area contributed by atoms with E-state index in [1.165, 1.54) is 6.92 Å². The topological polar surface area (TPSA) is 49.3 Å². The maximum Gasteiger partial charge on any atom is 0.216 e. The molecule has 0 radical (unpaired) electrons. The lowest BCUT2D eigenvalue weighted by atomic mass is 10.4. The van der Waals surface area contributed by atoms with Crippen LogP contribution in [-0.4, -0.2) is 24.2 Å². The molecule has 1 amide bonds. The van der Waals surface area contributed by atoms with E-state index in [-0.39, 0.29) is 12.5 Å². The summed E-state index contributed by atoms with van der Waals surface area (Å²) in [5, 5.41) is 10.8. The molecule has 76 valence electrons. The second-order valence-electron chi connectivity index (χ2n) is 1.56. The third-order valence-electron chi connectivity index (χ3n) is 0.709. The largest absolute Gasteiger partial charge is 0.396 e. The minimum Gasteiger partial charge on any atom is -0.396 e. The third kappa shape index (κ3) is 34.1. The van der Waals surface area contributed by atoms with Gasteiger partial charge in [0.15, 0.2) is 0 Å². The van der Waals surface area contributed by atoms with Gasteiger partial charge < -0.3 is 10.4 Å². The van der Waals surface area contributed by atoms with Crippen LogP contribution in [0.15, 0.2) is 0 Å². The standard InChI is InChI=1S/C5H11NO2.2C2H6/c1-5(8)6-3-2-4-7;2*1-2/h7H,2-4H2,1H3,(H,6,8);2*1-2H3. The number of aliphatic hydroxyl groups excluding tert-OH is 1. The first kappa shape index (κ1) is 17.5. The second-order valence-corrected chi connectivity index (χ2v) is 1.56. The summed E-state index contributed by atoms with van der Waals surface area (Å²) in [6.07, 6.45) is 0.638. The van der Waals surface area contributed by atoms with Crippen molar-refractivity contribution in [3.63, 3.8) is 0 Å². The molecule has 0 atom stereocenters. The van der Waals surface area contributed by atoms with Crippen molar-refractivity contribution >= 4 is 5.91 Å². The molecule has 3 heteroatoms. The lowest BCUT2D eigenvalue weighted by Gasteiger charge is -1.96. The zero-order chi connectivity index (χ0) is 10.4. The normalized spacial score (nSPS) is 6.83. The van der Waals surface area contributed by atoms with Crippen molar-refractivity contribution in [2.24, 2.45) is 0 Å². The fraction of sp³-hybridized carbons (Fsp3) is 0.889. The first-order chi connectivity index (χ1) is 5.77. The Hall–Kier alpha value is -0.570. The molecule has 12 heavy (non-hydrogen) atoms. The van der Waals surface area contributed by atoms with E-state index in [2.05, 4.69) is 5.32 Å². The molecule has 0 rings (SSSR count). The Balaban J connectivity index is -0.000000175. The number of aliphatic hydroxyl groups is 1. The van der Waals surface area contributed by atoms with E-state index in [0.29, 0.717) is 13.0 Å². The van der Waals surface area contributed by atoms with Crippen molar-refractivity contribution < 1.29 is 9.90 Å². The van der Waals surface area contributed by atoms with Gasteiger partial charge in [-0.2, -0.15) is 0 Å². The van der Waals surface area contributed by atoms with Gasteiger partial charge in [0.05, 0.1) is 0 Å². The first-order valence-corrected chi connectivity index (χ1v) is 4.62. The quantitative estimate of drug-likeness (QED) is 0.643. The second kappa shape index (κ2) is 22.4. The Bertz CT molecular complexity index is 74.9. The summed E-state index contributed by atoms with van der Waals surface area (Å²) >= 11 is 0. The molecule has 0 aliphatic rings. The van der Waals surface area contributed by atoms with Crippen LogP contribution in [0.4, 0.5) is 0 Å². The number of hydrogen-bond donors (Lipinski definition) is 2. The van der Waals surface area contributed by atoms with Crippen LogP contribution in [0.5, 0.6) is 0 Å². The van der Waals surface area contributed by atoms with Crippen LogP contribution >= 0.6 is 0 Å². The van der Waals surface area contributed by atoms with Crippen molar-refractivity contribution in [2.75, 3.05) is 13.2 Å². The van der Waals surface area contributed by atoms with Crippen LogP contribution in [0, 0.1) is 0 Å². The summed E-state index contributed by atoms with van der Waals surface area (Å²) in [7, 11) is 0. The summed E-state index contributed by atoms with van der Waals surface area (Å²) in [5.74, 6) is -0.0431. The van der Waals surface area contributed by atoms with E-state index in [1.54, 1.807) is 0 Å².